The summed E-state index contributed by atoms with van der Waals surface area (Å²) in [6.07, 6.45) is 3.41. The zero-order chi connectivity index (χ0) is 9.26. The van der Waals surface area contributed by atoms with E-state index in [0.717, 1.165) is 12.8 Å². The van der Waals surface area contributed by atoms with Gasteiger partial charge in [0.15, 0.2) is 0 Å². The first-order valence-corrected chi connectivity index (χ1v) is 4.87. The first-order chi connectivity index (χ1) is 6.25. The van der Waals surface area contributed by atoms with E-state index in [-0.39, 0.29) is 24.2 Å². The van der Waals surface area contributed by atoms with Gasteiger partial charge in [0.2, 0.25) is 0 Å². The van der Waals surface area contributed by atoms with Crippen molar-refractivity contribution in [2.75, 3.05) is 6.54 Å². The van der Waals surface area contributed by atoms with Gasteiger partial charge in [0.25, 0.3) is 0 Å². The third-order valence-corrected chi connectivity index (χ3v) is 2.73. The molecule has 1 saturated heterocycles. The molecule has 0 aromatic carbocycles. The second-order valence-electron chi connectivity index (χ2n) is 3.84. The number of esters is 1. The monoisotopic (exact) mass is 185 g/mol. The quantitative estimate of drug-likeness (QED) is 0.585. The lowest BCUT2D eigenvalue weighted by Gasteiger charge is -2.26. The van der Waals surface area contributed by atoms with Crippen LogP contribution in [-0.4, -0.2) is 35.9 Å². The fourth-order valence-corrected chi connectivity index (χ4v) is 1.63. The highest BCUT2D eigenvalue weighted by Crippen LogP contribution is 2.23. The lowest BCUT2D eigenvalue weighted by molar-refractivity contribution is -0.155. The minimum atomic E-state index is -0.390. The molecule has 0 radical (unpaired) electrons. The van der Waals surface area contributed by atoms with E-state index in [0.29, 0.717) is 13.0 Å². The number of nitrogens with one attached hydrogen (secondary N) is 1. The molecular weight excluding hydrogens is 170 g/mol. The Morgan fingerprint density at radius 3 is 2.69 bits per heavy atom. The molecule has 0 bridgehead atoms. The van der Waals surface area contributed by atoms with E-state index in [1.807, 2.05) is 0 Å². The molecule has 74 valence electrons. The third kappa shape index (κ3) is 2.00. The Morgan fingerprint density at radius 1 is 1.46 bits per heavy atom. The molecule has 1 saturated carbocycles. The molecule has 0 aromatic heterocycles. The van der Waals surface area contributed by atoms with Crippen molar-refractivity contribution in [3.63, 3.8) is 0 Å². The lowest BCUT2D eigenvalue weighted by atomic mass is 9.96. The van der Waals surface area contributed by atoms with Crippen LogP contribution in [0.2, 0.25) is 0 Å². The first kappa shape index (κ1) is 8.97. The SMILES string of the molecule is O=C(OC1CCC1)[C@@H]1CC(O)CN1. The van der Waals surface area contributed by atoms with Gasteiger partial charge in [-0.15, -0.1) is 0 Å². The van der Waals surface area contributed by atoms with E-state index in [9.17, 15) is 9.90 Å². The van der Waals surface area contributed by atoms with Crippen molar-refractivity contribution in [2.45, 2.75) is 43.9 Å². The molecule has 4 nitrogen and oxygen atoms in total. The molecule has 0 amide bonds. The molecule has 1 aliphatic carbocycles. The standard InChI is InChI=1S/C9H15NO3/c11-6-4-8(10-5-6)9(12)13-7-2-1-3-7/h6-8,10-11H,1-5H2/t6?,8-/m0/s1. The largest absolute Gasteiger partial charge is 0.461 e. The van der Waals surface area contributed by atoms with Crippen LogP contribution in [-0.2, 0) is 9.53 Å². The first-order valence-electron chi connectivity index (χ1n) is 4.87. The highest BCUT2D eigenvalue weighted by atomic mass is 16.5. The number of rotatable bonds is 2. The van der Waals surface area contributed by atoms with Gasteiger partial charge in [-0.3, -0.25) is 4.79 Å². The Balaban J connectivity index is 1.76. The Kier molecular flexibility index (Phi) is 2.51. The molecular formula is C9H15NO3. The van der Waals surface area contributed by atoms with Crippen molar-refractivity contribution in [3.8, 4) is 0 Å². The number of β-amino-alcohol motifs (C(OH)–C–C–N with tert-alkyl or cyclic N) is 1. The molecule has 0 spiro atoms. The predicted molar refractivity (Wildman–Crippen MR) is 46.1 cm³/mol. The molecule has 4 heteroatoms. The van der Waals surface area contributed by atoms with Crippen molar-refractivity contribution in [1.82, 2.24) is 5.32 Å². The van der Waals surface area contributed by atoms with Crippen LogP contribution in [0.25, 0.3) is 0 Å². The van der Waals surface area contributed by atoms with Crippen LogP contribution >= 0.6 is 0 Å². The topological polar surface area (TPSA) is 58.6 Å². The van der Waals surface area contributed by atoms with Gasteiger partial charge in [0, 0.05) is 13.0 Å². The second kappa shape index (κ2) is 3.64. The number of ether oxygens (including phenoxy) is 1. The second-order valence-corrected chi connectivity index (χ2v) is 3.84. The van der Waals surface area contributed by atoms with E-state index in [2.05, 4.69) is 5.32 Å². The lowest BCUT2D eigenvalue weighted by Crippen LogP contribution is -2.36. The number of hydrogen-bond acceptors (Lipinski definition) is 4. The van der Waals surface area contributed by atoms with Crippen LogP contribution in [0.15, 0.2) is 0 Å². The molecule has 0 aromatic rings. The zero-order valence-corrected chi connectivity index (χ0v) is 7.53. The van der Waals surface area contributed by atoms with Gasteiger partial charge >= 0.3 is 5.97 Å². The van der Waals surface area contributed by atoms with Crippen molar-refractivity contribution < 1.29 is 14.6 Å². The van der Waals surface area contributed by atoms with Crippen LogP contribution in [0.4, 0.5) is 0 Å². The smallest absolute Gasteiger partial charge is 0.323 e. The molecule has 2 N–H and O–H groups in total. The van der Waals surface area contributed by atoms with E-state index >= 15 is 0 Å². The molecule has 2 aliphatic rings. The van der Waals surface area contributed by atoms with Crippen molar-refractivity contribution in [1.29, 1.82) is 0 Å². The van der Waals surface area contributed by atoms with Gasteiger partial charge in [0.05, 0.1) is 6.10 Å². The van der Waals surface area contributed by atoms with Crippen LogP contribution < -0.4 is 5.32 Å². The van der Waals surface area contributed by atoms with Gasteiger partial charge in [0.1, 0.15) is 12.1 Å². The molecule has 2 fully saturated rings. The number of aliphatic hydroxyl groups excluding tert-OH is 1. The van der Waals surface area contributed by atoms with Crippen molar-refractivity contribution >= 4 is 5.97 Å². The van der Waals surface area contributed by atoms with Crippen LogP contribution in [0, 0.1) is 0 Å². The summed E-state index contributed by atoms with van der Waals surface area (Å²) in [5.41, 5.74) is 0. The van der Waals surface area contributed by atoms with E-state index in [1.165, 1.54) is 6.42 Å². The normalized spacial score (nSPS) is 34.2. The summed E-state index contributed by atoms with van der Waals surface area (Å²) in [7, 11) is 0. The minimum absolute atomic E-state index is 0.145. The maximum Gasteiger partial charge on any atom is 0.323 e. The zero-order valence-electron chi connectivity index (χ0n) is 7.53. The summed E-state index contributed by atoms with van der Waals surface area (Å²) in [5.74, 6) is -0.193. The van der Waals surface area contributed by atoms with Crippen LogP contribution in [0.1, 0.15) is 25.7 Å². The van der Waals surface area contributed by atoms with Crippen molar-refractivity contribution in [3.05, 3.63) is 0 Å². The van der Waals surface area contributed by atoms with Gasteiger partial charge < -0.3 is 15.2 Å². The number of carbonyl (C=O) groups is 1. The van der Waals surface area contributed by atoms with E-state index in [4.69, 9.17) is 4.74 Å². The Morgan fingerprint density at radius 2 is 2.23 bits per heavy atom. The van der Waals surface area contributed by atoms with Gasteiger partial charge in [-0.1, -0.05) is 0 Å². The van der Waals surface area contributed by atoms with Gasteiger partial charge in [-0.05, 0) is 19.3 Å². The summed E-state index contributed by atoms with van der Waals surface area (Å²) in [4.78, 5) is 11.4. The van der Waals surface area contributed by atoms with Crippen molar-refractivity contribution in [2.24, 2.45) is 0 Å². The molecule has 1 heterocycles. The average molecular weight is 185 g/mol. The summed E-state index contributed by atoms with van der Waals surface area (Å²) < 4.78 is 5.21. The van der Waals surface area contributed by atoms with Gasteiger partial charge in [-0.2, -0.15) is 0 Å². The molecule has 1 unspecified atom stereocenters. The summed E-state index contributed by atoms with van der Waals surface area (Å²) in [5, 5.41) is 12.1. The van der Waals surface area contributed by atoms with E-state index < -0.39 is 0 Å². The van der Waals surface area contributed by atoms with Crippen LogP contribution in [0.5, 0.6) is 0 Å². The Labute approximate surface area is 77.3 Å². The number of carbonyl (C=O) groups excluding carboxylic acids is 1. The molecule has 2 atom stereocenters. The predicted octanol–water partition coefficient (Wildman–Crippen LogP) is -0.195. The number of aliphatic hydroxyl groups is 1. The fraction of sp³-hybridized carbons (Fsp3) is 0.889. The molecule has 1 aliphatic heterocycles. The fourth-order valence-electron chi connectivity index (χ4n) is 1.63. The average Bonchev–Trinajstić information content (AvgIpc) is 2.44. The maximum atomic E-state index is 11.4. The number of hydrogen-bond donors (Lipinski definition) is 2. The van der Waals surface area contributed by atoms with E-state index in [1.54, 1.807) is 0 Å². The summed E-state index contributed by atoms with van der Waals surface area (Å²) in [6.45, 7) is 0.504. The third-order valence-electron chi connectivity index (χ3n) is 2.73. The maximum absolute atomic E-state index is 11.4. The highest BCUT2D eigenvalue weighted by Gasteiger charge is 2.32. The summed E-state index contributed by atoms with van der Waals surface area (Å²) >= 11 is 0. The summed E-state index contributed by atoms with van der Waals surface area (Å²) in [6, 6.07) is -0.282. The highest BCUT2D eigenvalue weighted by molar-refractivity contribution is 5.76. The molecule has 2 rings (SSSR count). The molecule has 13 heavy (non-hydrogen) atoms. The van der Waals surface area contributed by atoms with Crippen LogP contribution in [0.3, 0.4) is 0 Å². The Hall–Kier alpha value is -0.610. The minimum Gasteiger partial charge on any atom is -0.461 e. The van der Waals surface area contributed by atoms with Gasteiger partial charge in [-0.25, -0.2) is 0 Å². The Bertz CT molecular complexity index is 203.